The Morgan fingerprint density at radius 3 is 2.75 bits per heavy atom. The Bertz CT molecular complexity index is 569. The van der Waals surface area contributed by atoms with Gasteiger partial charge in [0.2, 0.25) is 10.0 Å². The van der Waals surface area contributed by atoms with Crippen LogP contribution in [0.2, 0.25) is 5.02 Å². The lowest BCUT2D eigenvalue weighted by Gasteiger charge is -2.31. The molecule has 114 valence electrons. The van der Waals surface area contributed by atoms with E-state index < -0.39 is 15.8 Å². The third kappa shape index (κ3) is 3.62. The number of nitrogens with zero attached hydrogens (tertiary/aromatic N) is 1. The fourth-order valence-corrected chi connectivity index (χ4v) is 4.32. The lowest BCUT2D eigenvalue weighted by Crippen LogP contribution is -2.42. The lowest BCUT2D eigenvalue weighted by molar-refractivity contribution is 0.271. The van der Waals surface area contributed by atoms with E-state index in [4.69, 9.17) is 17.3 Å². The number of sulfonamides is 1. The summed E-state index contributed by atoms with van der Waals surface area (Å²) in [6.07, 6.45) is 1.71. The van der Waals surface area contributed by atoms with E-state index in [0.29, 0.717) is 19.6 Å². The zero-order valence-corrected chi connectivity index (χ0v) is 13.1. The van der Waals surface area contributed by atoms with Gasteiger partial charge >= 0.3 is 0 Å². The molecule has 0 amide bonds. The summed E-state index contributed by atoms with van der Waals surface area (Å²) in [7, 11) is -3.67. The van der Waals surface area contributed by atoms with Gasteiger partial charge in [-0.25, -0.2) is 12.8 Å². The SMILES string of the molecule is Cl.NCC1CCCN(S(=O)(=O)c2ccc(F)cc2Cl)C1. The first kappa shape index (κ1) is 17.7. The zero-order valence-electron chi connectivity index (χ0n) is 10.8. The fraction of sp³-hybridized carbons (Fsp3) is 0.500. The third-order valence-corrected chi connectivity index (χ3v) is 5.67. The van der Waals surface area contributed by atoms with Crippen molar-refractivity contribution in [2.24, 2.45) is 11.7 Å². The molecule has 2 N–H and O–H groups in total. The largest absolute Gasteiger partial charge is 0.330 e. The van der Waals surface area contributed by atoms with Crippen LogP contribution in [0.5, 0.6) is 0 Å². The van der Waals surface area contributed by atoms with Crippen LogP contribution in [0.15, 0.2) is 23.1 Å². The maximum atomic E-state index is 13.0. The maximum absolute atomic E-state index is 13.0. The van der Waals surface area contributed by atoms with Crippen molar-refractivity contribution >= 4 is 34.0 Å². The second-order valence-corrected chi connectivity index (χ2v) is 7.00. The van der Waals surface area contributed by atoms with Gasteiger partial charge in [0, 0.05) is 13.1 Å². The van der Waals surface area contributed by atoms with Gasteiger partial charge in [-0.15, -0.1) is 12.4 Å². The number of hydrogen-bond acceptors (Lipinski definition) is 3. The molecule has 1 heterocycles. The quantitative estimate of drug-likeness (QED) is 0.916. The summed E-state index contributed by atoms with van der Waals surface area (Å²) in [5.41, 5.74) is 5.60. The first-order valence-electron chi connectivity index (χ1n) is 6.10. The van der Waals surface area contributed by atoms with Crippen molar-refractivity contribution in [2.75, 3.05) is 19.6 Å². The molecule has 1 aliphatic rings. The monoisotopic (exact) mass is 342 g/mol. The van der Waals surface area contributed by atoms with Crippen molar-refractivity contribution in [3.05, 3.63) is 29.0 Å². The maximum Gasteiger partial charge on any atom is 0.244 e. The van der Waals surface area contributed by atoms with Crippen LogP contribution in [0, 0.1) is 11.7 Å². The highest BCUT2D eigenvalue weighted by Crippen LogP contribution is 2.28. The Morgan fingerprint density at radius 1 is 1.45 bits per heavy atom. The van der Waals surface area contributed by atoms with Crippen molar-refractivity contribution in [3.8, 4) is 0 Å². The van der Waals surface area contributed by atoms with E-state index in [1.54, 1.807) is 0 Å². The summed E-state index contributed by atoms with van der Waals surface area (Å²) < 4.78 is 39.3. The fourth-order valence-electron chi connectivity index (χ4n) is 2.26. The van der Waals surface area contributed by atoms with Gasteiger partial charge in [0.1, 0.15) is 10.7 Å². The van der Waals surface area contributed by atoms with Crippen LogP contribution in [0.3, 0.4) is 0 Å². The molecule has 1 aliphatic heterocycles. The van der Waals surface area contributed by atoms with E-state index in [0.717, 1.165) is 25.0 Å². The highest BCUT2D eigenvalue weighted by atomic mass is 35.5. The van der Waals surface area contributed by atoms with Crippen LogP contribution in [0.25, 0.3) is 0 Å². The molecule has 8 heteroatoms. The Balaban J connectivity index is 0.00000200. The number of rotatable bonds is 3. The van der Waals surface area contributed by atoms with Crippen LogP contribution >= 0.6 is 24.0 Å². The van der Waals surface area contributed by atoms with Crippen molar-refractivity contribution in [1.29, 1.82) is 0 Å². The Morgan fingerprint density at radius 2 is 2.15 bits per heavy atom. The van der Waals surface area contributed by atoms with Gasteiger partial charge in [0.15, 0.2) is 0 Å². The number of hydrogen-bond donors (Lipinski definition) is 1. The molecule has 20 heavy (non-hydrogen) atoms. The Kier molecular flexibility index (Phi) is 6.22. The highest BCUT2D eigenvalue weighted by molar-refractivity contribution is 7.89. The van der Waals surface area contributed by atoms with Crippen LogP contribution in [0.4, 0.5) is 4.39 Å². The van der Waals surface area contributed by atoms with Crippen molar-refractivity contribution < 1.29 is 12.8 Å². The molecule has 0 spiro atoms. The summed E-state index contributed by atoms with van der Waals surface area (Å²) in [6.45, 7) is 1.31. The molecule has 0 radical (unpaired) electrons. The van der Waals surface area contributed by atoms with E-state index in [-0.39, 0.29) is 28.2 Å². The molecule has 0 aliphatic carbocycles. The summed E-state index contributed by atoms with van der Waals surface area (Å²) in [6, 6.07) is 3.32. The minimum absolute atomic E-state index is 0. The van der Waals surface area contributed by atoms with E-state index in [1.807, 2.05) is 0 Å². The smallest absolute Gasteiger partial charge is 0.244 e. The van der Waals surface area contributed by atoms with Gasteiger partial charge < -0.3 is 5.73 Å². The van der Waals surface area contributed by atoms with Crippen molar-refractivity contribution in [3.63, 3.8) is 0 Å². The van der Waals surface area contributed by atoms with E-state index in [1.165, 1.54) is 10.4 Å². The van der Waals surface area contributed by atoms with Gasteiger partial charge in [0.05, 0.1) is 5.02 Å². The minimum atomic E-state index is -3.67. The topological polar surface area (TPSA) is 63.4 Å². The molecule has 1 saturated heterocycles. The molecule has 4 nitrogen and oxygen atoms in total. The summed E-state index contributed by atoms with van der Waals surface area (Å²) in [5, 5.41) is -0.0881. The van der Waals surface area contributed by atoms with Gasteiger partial charge in [-0.1, -0.05) is 11.6 Å². The number of piperidine rings is 1. The first-order valence-corrected chi connectivity index (χ1v) is 7.92. The number of nitrogens with two attached hydrogens (primary N) is 1. The molecule has 0 aromatic heterocycles. The van der Waals surface area contributed by atoms with Crippen LogP contribution in [0.1, 0.15) is 12.8 Å². The van der Waals surface area contributed by atoms with Crippen LogP contribution in [-0.4, -0.2) is 32.4 Å². The summed E-state index contributed by atoms with van der Waals surface area (Å²) in [5.74, 6) is -0.384. The number of benzene rings is 1. The molecule has 2 rings (SSSR count). The molecule has 0 saturated carbocycles. The summed E-state index contributed by atoms with van der Waals surface area (Å²) >= 11 is 5.83. The molecule has 1 fully saturated rings. The van der Waals surface area contributed by atoms with Crippen LogP contribution in [-0.2, 0) is 10.0 Å². The molecule has 0 bridgehead atoms. The zero-order chi connectivity index (χ0) is 14.0. The first-order chi connectivity index (χ1) is 8.95. The number of halogens is 3. The van der Waals surface area contributed by atoms with Gasteiger partial charge in [-0.3, -0.25) is 0 Å². The normalized spacial score (nSPS) is 20.4. The molecular formula is C12H17Cl2FN2O2S. The summed E-state index contributed by atoms with van der Waals surface area (Å²) in [4.78, 5) is -0.0479. The predicted molar refractivity (Wildman–Crippen MR) is 79.2 cm³/mol. The second-order valence-electron chi connectivity index (χ2n) is 4.68. The average Bonchev–Trinajstić information content (AvgIpc) is 2.38. The van der Waals surface area contributed by atoms with Gasteiger partial charge in [-0.2, -0.15) is 4.31 Å². The predicted octanol–water partition coefficient (Wildman–Crippen LogP) is 2.26. The second kappa shape index (κ2) is 7.04. The highest BCUT2D eigenvalue weighted by Gasteiger charge is 2.31. The standard InChI is InChI=1S/C12H16ClFN2O2S.ClH/c13-11-6-10(14)3-4-12(11)19(17,18)16-5-1-2-9(7-15)8-16;/h3-4,6,9H,1-2,5,7-8,15H2;1H. The average molecular weight is 343 g/mol. The minimum Gasteiger partial charge on any atom is -0.330 e. The molecular weight excluding hydrogens is 326 g/mol. The lowest BCUT2D eigenvalue weighted by atomic mass is 10.0. The van der Waals surface area contributed by atoms with Gasteiger partial charge in [0.25, 0.3) is 0 Å². The Labute approximate surface area is 129 Å². The van der Waals surface area contributed by atoms with Crippen LogP contribution < -0.4 is 5.73 Å². The van der Waals surface area contributed by atoms with Crippen molar-refractivity contribution in [1.82, 2.24) is 4.31 Å². The molecule has 1 unspecified atom stereocenters. The Hall–Kier alpha value is -0.400. The molecule has 1 atom stereocenters. The molecule has 1 aromatic carbocycles. The van der Waals surface area contributed by atoms with Crippen molar-refractivity contribution in [2.45, 2.75) is 17.7 Å². The third-order valence-electron chi connectivity index (χ3n) is 3.33. The van der Waals surface area contributed by atoms with E-state index in [9.17, 15) is 12.8 Å². The molecule has 1 aromatic rings. The van der Waals surface area contributed by atoms with E-state index >= 15 is 0 Å². The van der Waals surface area contributed by atoms with E-state index in [2.05, 4.69) is 0 Å². The van der Waals surface area contributed by atoms with Gasteiger partial charge in [-0.05, 0) is 43.5 Å².